The number of rotatable bonds is 4. The van der Waals surface area contributed by atoms with E-state index in [1.807, 2.05) is 4.90 Å². The fourth-order valence-electron chi connectivity index (χ4n) is 2.76. The molecule has 96 valence electrons. The smallest absolute Gasteiger partial charge is 0.242 e. The van der Waals surface area contributed by atoms with Crippen molar-refractivity contribution < 1.29 is 9.59 Å². The molecule has 5 heteroatoms. The van der Waals surface area contributed by atoms with E-state index in [9.17, 15) is 9.59 Å². The van der Waals surface area contributed by atoms with Crippen LogP contribution in [0.25, 0.3) is 0 Å². The van der Waals surface area contributed by atoms with Crippen LogP contribution in [0.5, 0.6) is 0 Å². The van der Waals surface area contributed by atoms with Crippen LogP contribution in [0.15, 0.2) is 0 Å². The molecular formula is C12H21N3O2. The first-order valence-electron chi connectivity index (χ1n) is 6.48. The Bertz CT molecular complexity index is 302. The van der Waals surface area contributed by atoms with Crippen molar-refractivity contribution in [2.75, 3.05) is 19.6 Å². The Hall–Kier alpha value is -1.10. The molecule has 0 aromatic rings. The summed E-state index contributed by atoms with van der Waals surface area (Å²) in [6.07, 6.45) is 6.03. The molecule has 5 nitrogen and oxygen atoms in total. The molecule has 0 spiro atoms. The standard InChI is InChI=1S/C12H21N3O2/c13-7-11(16)14-8-12(17)15-6-2-5-10(15)9-3-1-4-9/h9-10H,1-8,13H2,(H,14,16). The summed E-state index contributed by atoms with van der Waals surface area (Å²) < 4.78 is 0. The van der Waals surface area contributed by atoms with E-state index in [-0.39, 0.29) is 24.9 Å². The Morgan fingerprint density at radius 2 is 2.00 bits per heavy atom. The van der Waals surface area contributed by atoms with Gasteiger partial charge in [-0.2, -0.15) is 0 Å². The van der Waals surface area contributed by atoms with Crippen LogP contribution < -0.4 is 11.1 Å². The van der Waals surface area contributed by atoms with Gasteiger partial charge in [0.25, 0.3) is 0 Å². The topological polar surface area (TPSA) is 75.4 Å². The van der Waals surface area contributed by atoms with Crippen LogP contribution in [0.3, 0.4) is 0 Å². The first-order valence-corrected chi connectivity index (χ1v) is 6.48. The average Bonchev–Trinajstić information content (AvgIpc) is 2.72. The van der Waals surface area contributed by atoms with Gasteiger partial charge >= 0.3 is 0 Å². The molecule has 0 bridgehead atoms. The Balaban J connectivity index is 1.82. The molecular weight excluding hydrogens is 218 g/mol. The minimum Gasteiger partial charge on any atom is -0.346 e. The number of nitrogens with zero attached hydrogens (tertiary/aromatic N) is 1. The second kappa shape index (κ2) is 5.49. The third-order valence-corrected chi connectivity index (χ3v) is 3.94. The maximum absolute atomic E-state index is 12.0. The summed E-state index contributed by atoms with van der Waals surface area (Å²) in [5.74, 6) is 0.477. The van der Waals surface area contributed by atoms with Crippen molar-refractivity contribution in [1.29, 1.82) is 0 Å². The SMILES string of the molecule is NCC(=O)NCC(=O)N1CCCC1C1CCC1. The van der Waals surface area contributed by atoms with Gasteiger partial charge in [0.2, 0.25) is 11.8 Å². The van der Waals surface area contributed by atoms with Crippen LogP contribution in [-0.2, 0) is 9.59 Å². The third kappa shape index (κ3) is 2.77. The van der Waals surface area contributed by atoms with Gasteiger partial charge in [-0.05, 0) is 31.6 Å². The van der Waals surface area contributed by atoms with Crippen LogP contribution in [0.4, 0.5) is 0 Å². The van der Waals surface area contributed by atoms with Crippen LogP contribution in [-0.4, -0.2) is 42.4 Å². The van der Waals surface area contributed by atoms with E-state index in [4.69, 9.17) is 5.73 Å². The van der Waals surface area contributed by atoms with Gasteiger partial charge in [-0.1, -0.05) is 6.42 Å². The lowest BCUT2D eigenvalue weighted by atomic mass is 9.79. The first kappa shape index (κ1) is 12.4. The quantitative estimate of drug-likeness (QED) is 0.716. The molecule has 0 aromatic carbocycles. The summed E-state index contributed by atoms with van der Waals surface area (Å²) in [4.78, 5) is 25.0. The van der Waals surface area contributed by atoms with Crippen LogP contribution in [0.1, 0.15) is 32.1 Å². The van der Waals surface area contributed by atoms with Crippen LogP contribution in [0, 0.1) is 5.92 Å². The lowest BCUT2D eigenvalue weighted by Crippen LogP contribution is -2.47. The molecule has 1 saturated carbocycles. The van der Waals surface area contributed by atoms with Crippen LogP contribution >= 0.6 is 0 Å². The minimum atomic E-state index is -0.266. The Kier molecular flexibility index (Phi) is 3.99. The molecule has 1 atom stereocenters. The average molecular weight is 239 g/mol. The molecule has 1 heterocycles. The second-order valence-electron chi connectivity index (χ2n) is 4.97. The zero-order valence-corrected chi connectivity index (χ0v) is 10.2. The zero-order chi connectivity index (χ0) is 12.3. The highest BCUT2D eigenvalue weighted by molar-refractivity contribution is 5.85. The van der Waals surface area contributed by atoms with E-state index in [2.05, 4.69) is 5.32 Å². The minimum absolute atomic E-state index is 0.0428. The predicted octanol–water partition coefficient (Wildman–Crippen LogP) is -0.148. The van der Waals surface area contributed by atoms with Crippen molar-refractivity contribution in [3.05, 3.63) is 0 Å². The number of hydrogen-bond donors (Lipinski definition) is 2. The molecule has 1 saturated heterocycles. The van der Waals surface area contributed by atoms with Crippen LogP contribution in [0.2, 0.25) is 0 Å². The van der Waals surface area contributed by atoms with Crippen molar-refractivity contribution in [3.8, 4) is 0 Å². The molecule has 0 aromatic heterocycles. The number of hydrogen-bond acceptors (Lipinski definition) is 3. The number of likely N-dealkylation sites (tertiary alicyclic amines) is 1. The van der Waals surface area contributed by atoms with E-state index in [0.717, 1.165) is 19.4 Å². The fraction of sp³-hybridized carbons (Fsp3) is 0.833. The third-order valence-electron chi connectivity index (χ3n) is 3.94. The molecule has 1 aliphatic heterocycles. The molecule has 17 heavy (non-hydrogen) atoms. The van der Waals surface area contributed by atoms with Gasteiger partial charge in [0.1, 0.15) is 0 Å². The lowest BCUT2D eigenvalue weighted by Gasteiger charge is -2.37. The highest BCUT2D eigenvalue weighted by Gasteiger charge is 2.36. The maximum Gasteiger partial charge on any atom is 0.242 e. The fourth-order valence-corrected chi connectivity index (χ4v) is 2.76. The largest absolute Gasteiger partial charge is 0.346 e. The Morgan fingerprint density at radius 3 is 2.59 bits per heavy atom. The number of amides is 2. The van der Waals surface area contributed by atoms with Gasteiger partial charge in [0.05, 0.1) is 13.1 Å². The molecule has 3 N–H and O–H groups in total. The Morgan fingerprint density at radius 1 is 1.24 bits per heavy atom. The summed E-state index contributed by atoms with van der Waals surface area (Å²) >= 11 is 0. The van der Waals surface area contributed by atoms with E-state index < -0.39 is 0 Å². The lowest BCUT2D eigenvalue weighted by molar-refractivity contribution is -0.134. The summed E-state index contributed by atoms with van der Waals surface area (Å²) in [5.41, 5.74) is 5.18. The van der Waals surface area contributed by atoms with E-state index in [0.29, 0.717) is 12.0 Å². The highest BCUT2D eigenvalue weighted by atomic mass is 16.2. The van der Waals surface area contributed by atoms with Gasteiger partial charge in [-0.15, -0.1) is 0 Å². The molecule has 2 amide bonds. The van der Waals surface area contributed by atoms with E-state index in [1.54, 1.807) is 0 Å². The van der Waals surface area contributed by atoms with E-state index >= 15 is 0 Å². The van der Waals surface area contributed by atoms with Gasteiger partial charge < -0.3 is 16.0 Å². The Labute approximate surface area is 102 Å². The summed E-state index contributed by atoms with van der Waals surface area (Å²) in [6.45, 7) is 0.886. The monoisotopic (exact) mass is 239 g/mol. The number of nitrogens with one attached hydrogen (secondary N) is 1. The number of carbonyl (C=O) groups is 2. The summed E-state index contributed by atoms with van der Waals surface area (Å²) in [6, 6.07) is 0.422. The molecule has 0 radical (unpaired) electrons. The molecule has 1 aliphatic carbocycles. The molecule has 2 fully saturated rings. The first-order chi connectivity index (χ1) is 8.22. The zero-order valence-electron chi connectivity index (χ0n) is 10.2. The maximum atomic E-state index is 12.0. The van der Waals surface area contributed by atoms with Gasteiger partial charge in [-0.3, -0.25) is 9.59 Å². The normalized spacial score (nSPS) is 24.5. The van der Waals surface area contributed by atoms with Crippen molar-refractivity contribution in [1.82, 2.24) is 10.2 Å². The predicted molar refractivity (Wildman–Crippen MR) is 64.1 cm³/mol. The van der Waals surface area contributed by atoms with Crippen molar-refractivity contribution in [2.45, 2.75) is 38.1 Å². The highest BCUT2D eigenvalue weighted by Crippen LogP contribution is 2.36. The number of carbonyl (C=O) groups excluding carboxylic acids is 2. The van der Waals surface area contributed by atoms with Gasteiger partial charge in [-0.25, -0.2) is 0 Å². The summed E-state index contributed by atoms with van der Waals surface area (Å²) in [7, 11) is 0. The number of nitrogens with two attached hydrogens (primary N) is 1. The van der Waals surface area contributed by atoms with Gasteiger partial charge in [0, 0.05) is 12.6 Å². The second-order valence-corrected chi connectivity index (χ2v) is 4.97. The molecule has 1 unspecified atom stereocenters. The molecule has 2 aliphatic rings. The van der Waals surface area contributed by atoms with Crippen molar-refractivity contribution in [2.24, 2.45) is 11.7 Å². The molecule has 2 rings (SSSR count). The van der Waals surface area contributed by atoms with Crippen molar-refractivity contribution >= 4 is 11.8 Å². The van der Waals surface area contributed by atoms with Crippen molar-refractivity contribution in [3.63, 3.8) is 0 Å². The van der Waals surface area contributed by atoms with E-state index in [1.165, 1.54) is 19.3 Å². The van der Waals surface area contributed by atoms with Gasteiger partial charge in [0.15, 0.2) is 0 Å². The summed E-state index contributed by atoms with van der Waals surface area (Å²) in [5, 5.41) is 2.55.